The summed E-state index contributed by atoms with van der Waals surface area (Å²) in [5.41, 5.74) is 0.0786. The Morgan fingerprint density at radius 3 is 2.50 bits per heavy atom. The van der Waals surface area contributed by atoms with Crippen molar-refractivity contribution in [1.29, 1.82) is 0 Å². The van der Waals surface area contributed by atoms with Crippen molar-refractivity contribution in [2.45, 2.75) is 31.2 Å². The maximum absolute atomic E-state index is 12.5. The largest absolute Gasteiger partial charge is 0.416 e. The van der Waals surface area contributed by atoms with E-state index in [0.717, 1.165) is 17.7 Å². The van der Waals surface area contributed by atoms with Crippen LogP contribution in [0.5, 0.6) is 0 Å². The normalized spacial score (nSPS) is 18.8. The number of halogens is 3. The summed E-state index contributed by atoms with van der Waals surface area (Å²) < 4.78 is 37.4. The Kier molecular flexibility index (Phi) is 5.16. The number of carbonyl (C=O) groups excluding carboxylic acids is 2. The molecule has 1 aromatic carbocycles. The summed E-state index contributed by atoms with van der Waals surface area (Å²) in [5, 5.41) is -0.0278. The lowest BCUT2D eigenvalue weighted by Crippen LogP contribution is -2.28. The number of alkyl halides is 3. The quantitative estimate of drug-likeness (QED) is 0.851. The van der Waals surface area contributed by atoms with Crippen molar-refractivity contribution in [3.05, 3.63) is 35.4 Å². The monoisotopic (exact) mass is 331 g/mol. The van der Waals surface area contributed by atoms with Gasteiger partial charge in [-0.25, -0.2) is 0 Å². The molecule has 1 aromatic rings. The summed E-state index contributed by atoms with van der Waals surface area (Å²) in [6.07, 6.45) is -3.49. The number of likely N-dealkylation sites (tertiary alicyclic amines) is 1. The summed E-state index contributed by atoms with van der Waals surface area (Å²) in [4.78, 5) is 24.5. The van der Waals surface area contributed by atoms with E-state index in [0.29, 0.717) is 25.9 Å². The number of hydrogen-bond donors (Lipinski definition) is 0. The van der Waals surface area contributed by atoms with Crippen LogP contribution in [0.2, 0.25) is 0 Å². The molecule has 0 aromatic heterocycles. The van der Waals surface area contributed by atoms with Crippen molar-refractivity contribution in [1.82, 2.24) is 4.90 Å². The van der Waals surface area contributed by atoms with Crippen molar-refractivity contribution in [2.75, 3.05) is 13.1 Å². The Bertz CT molecular complexity index is 557. The lowest BCUT2D eigenvalue weighted by molar-refractivity contribution is -0.137. The zero-order valence-electron chi connectivity index (χ0n) is 12.0. The topological polar surface area (TPSA) is 37.4 Å². The van der Waals surface area contributed by atoms with Crippen LogP contribution in [-0.2, 0) is 22.2 Å². The molecule has 1 amide bonds. The molecule has 2 rings (SSSR count). The molecule has 0 aliphatic carbocycles. The Balaban J connectivity index is 1.88. The van der Waals surface area contributed by atoms with Gasteiger partial charge in [0.15, 0.2) is 5.12 Å². The van der Waals surface area contributed by atoms with Gasteiger partial charge in [-0.05, 0) is 24.1 Å². The number of carbonyl (C=O) groups is 2. The first kappa shape index (κ1) is 16.9. The standard InChI is InChI=1S/C15H16F3NO2S/c1-10(20)22-13-8-14(21)19(9-13)7-6-11-2-4-12(5-3-11)15(16,17)18/h2-5,13H,6-9H2,1H3. The van der Waals surface area contributed by atoms with Crippen LogP contribution in [0.3, 0.4) is 0 Å². The molecule has 1 heterocycles. The van der Waals surface area contributed by atoms with Crippen LogP contribution in [0.15, 0.2) is 24.3 Å². The summed E-state index contributed by atoms with van der Waals surface area (Å²) in [6.45, 7) is 2.45. The second-order valence-corrected chi connectivity index (χ2v) is 6.70. The Hall–Kier alpha value is -1.50. The molecule has 1 aliphatic heterocycles. The third-order valence-electron chi connectivity index (χ3n) is 3.46. The molecule has 120 valence electrons. The van der Waals surface area contributed by atoms with Gasteiger partial charge in [0.2, 0.25) is 5.91 Å². The number of nitrogens with zero attached hydrogens (tertiary/aromatic N) is 1. The molecule has 1 unspecified atom stereocenters. The van der Waals surface area contributed by atoms with Gasteiger partial charge in [-0.15, -0.1) is 0 Å². The second-order valence-electron chi connectivity index (χ2n) is 5.22. The average molecular weight is 331 g/mol. The maximum atomic E-state index is 12.5. The van der Waals surface area contributed by atoms with Gasteiger partial charge in [-0.3, -0.25) is 9.59 Å². The summed E-state index contributed by atoms with van der Waals surface area (Å²) in [7, 11) is 0. The number of benzene rings is 1. The summed E-state index contributed by atoms with van der Waals surface area (Å²) >= 11 is 1.17. The highest BCUT2D eigenvalue weighted by atomic mass is 32.2. The lowest BCUT2D eigenvalue weighted by atomic mass is 10.1. The van der Waals surface area contributed by atoms with E-state index in [2.05, 4.69) is 0 Å². The Morgan fingerprint density at radius 1 is 1.32 bits per heavy atom. The molecule has 0 spiro atoms. The van der Waals surface area contributed by atoms with E-state index < -0.39 is 11.7 Å². The average Bonchev–Trinajstić information content (AvgIpc) is 2.75. The fourth-order valence-corrected chi connectivity index (χ4v) is 3.34. The van der Waals surface area contributed by atoms with Crippen LogP contribution < -0.4 is 0 Å². The summed E-state index contributed by atoms with van der Waals surface area (Å²) in [5.74, 6) is -0.00865. The SMILES string of the molecule is CC(=O)SC1CC(=O)N(CCc2ccc(C(F)(F)F)cc2)C1. The van der Waals surface area contributed by atoms with Gasteiger partial charge in [0.1, 0.15) is 0 Å². The molecule has 22 heavy (non-hydrogen) atoms. The summed E-state index contributed by atoms with van der Waals surface area (Å²) in [6, 6.07) is 4.97. The predicted octanol–water partition coefficient (Wildman–Crippen LogP) is 3.13. The third kappa shape index (κ3) is 4.50. The smallest absolute Gasteiger partial charge is 0.341 e. The maximum Gasteiger partial charge on any atom is 0.416 e. The first-order valence-electron chi connectivity index (χ1n) is 6.87. The van der Waals surface area contributed by atoms with E-state index in [9.17, 15) is 22.8 Å². The minimum absolute atomic E-state index is 0.00865. The van der Waals surface area contributed by atoms with Gasteiger partial charge >= 0.3 is 6.18 Å². The molecule has 0 N–H and O–H groups in total. The van der Waals surface area contributed by atoms with Crippen molar-refractivity contribution in [2.24, 2.45) is 0 Å². The predicted molar refractivity (Wildman–Crippen MR) is 78.4 cm³/mol. The Morgan fingerprint density at radius 2 is 1.95 bits per heavy atom. The molecule has 7 heteroatoms. The lowest BCUT2D eigenvalue weighted by Gasteiger charge is -2.16. The van der Waals surface area contributed by atoms with Crippen LogP contribution in [0.1, 0.15) is 24.5 Å². The van der Waals surface area contributed by atoms with Crippen molar-refractivity contribution in [3.63, 3.8) is 0 Å². The van der Waals surface area contributed by atoms with E-state index >= 15 is 0 Å². The number of rotatable bonds is 4. The first-order chi connectivity index (χ1) is 10.3. The van der Waals surface area contributed by atoms with E-state index in [-0.39, 0.29) is 16.3 Å². The van der Waals surface area contributed by atoms with Gasteiger partial charge in [0.05, 0.1) is 5.56 Å². The Labute approximate surface area is 130 Å². The fraction of sp³-hybridized carbons (Fsp3) is 0.467. The fourth-order valence-electron chi connectivity index (χ4n) is 2.39. The van der Waals surface area contributed by atoms with Gasteiger partial charge in [-0.1, -0.05) is 23.9 Å². The van der Waals surface area contributed by atoms with Crippen LogP contribution in [-0.4, -0.2) is 34.3 Å². The molecule has 1 fully saturated rings. The van der Waals surface area contributed by atoms with Crippen molar-refractivity contribution in [3.8, 4) is 0 Å². The second kappa shape index (κ2) is 6.73. The highest BCUT2D eigenvalue weighted by molar-refractivity contribution is 8.14. The van der Waals surface area contributed by atoms with E-state index in [1.54, 1.807) is 4.90 Å². The zero-order valence-corrected chi connectivity index (χ0v) is 12.8. The van der Waals surface area contributed by atoms with E-state index in [1.165, 1.54) is 30.8 Å². The zero-order chi connectivity index (χ0) is 16.3. The number of hydrogen-bond acceptors (Lipinski definition) is 3. The van der Waals surface area contributed by atoms with Gasteiger partial charge < -0.3 is 4.90 Å². The van der Waals surface area contributed by atoms with E-state index in [4.69, 9.17) is 0 Å². The molecule has 1 atom stereocenters. The van der Waals surface area contributed by atoms with Gasteiger partial charge in [-0.2, -0.15) is 13.2 Å². The number of thioether (sulfide) groups is 1. The van der Waals surface area contributed by atoms with Crippen molar-refractivity contribution < 1.29 is 22.8 Å². The molecule has 3 nitrogen and oxygen atoms in total. The van der Waals surface area contributed by atoms with Gasteiger partial charge in [0.25, 0.3) is 0 Å². The number of amides is 1. The molecule has 1 saturated heterocycles. The van der Waals surface area contributed by atoms with Crippen LogP contribution >= 0.6 is 11.8 Å². The van der Waals surface area contributed by atoms with Crippen LogP contribution in [0.25, 0.3) is 0 Å². The molecule has 1 aliphatic rings. The molecular weight excluding hydrogens is 315 g/mol. The van der Waals surface area contributed by atoms with E-state index in [1.807, 2.05) is 0 Å². The van der Waals surface area contributed by atoms with Crippen molar-refractivity contribution >= 4 is 22.8 Å². The molecule has 0 saturated carbocycles. The molecule has 0 radical (unpaired) electrons. The highest BCUT2D eigenvalue weighted by Gasteiger charge is 2.31. The molecule has 0 bridgehead atoms. The molecular formula is C15H16F3NO2S. The minimum Gasteiger partial charge on any atom is -0.341 e. The van der Waals surface area contributed by atoms with Crippen LogP contribution in [0.4, 0.5) is 13.2 Å². The first-order valence-corrected chi connectivity index (χ1v) is 7.75. The third-order valence-corrected chi connectivity index (χ3v) is 4.44. The highest BCUT2D eigenvalue weighted by Crippen LogP contribution is 2.29. The van der Waals surface area contributed by atoms with Gasteiger partial charge in [0, 0.05) is 31.7 Å². The van der Waals surface area contributed by atoms with Crippen LogP contribution in [0, 0.1) is 0 Å². The minimum atomic E-state index is -4.33.